The summed E-state index contributed by atoms with van der Waals surface area (Å²) in [7, 11) is 0. The second-order valence-corrected chi connectivity index (χ2v) is 10.2. The molecule has 1 aromatic carbocycles. The first-order valence-electron chi connectivity index (χ1n) is 8.99. The van der Waals surface area contributed by atoms with Gasteiger partial charge in [0.15, 0.2) is 0 Å². The summed E-state index contributed by atoms with van der Waals surface area (Å²) in [4.78, 5) is 38.7. The summed E-state index contributed by atoms with van der Waals surface area (Å²) in [6, 6.07) is 3.09. The number of rotatable bonds is 4. The molecule has 1 radical (unpaired) electrons. The number of nitrogens with one attached hydrogen (secondary N) is 1. The summed E-state index contributed by atoms with van der Waals surface area (Å²) in [6.45, 7) is 5.10. The van der Waals surface area contributed by atoms with Crippen molar-refractivity contribution in [2.45, 2.75) is 43.0 Å². The SMILES string of the molecule is Cc1onc(-c2c(Cl)cccc2Cl)c1C(=O)N[C@@H]1C(=O)N2[C@@H]1SC(C)(C)[C@@H]2C(=O)O.[Na]. The number of amides is 2. The van der Waals surface area contributed by atoms with Crippen LogP contribution in [0.5, 0.6) is 0 Å². The summed E-state index contributed by atoms with van der Waals surface area (Å²) in [5.74, 6) is -1.84. The van der Waals surface area contributed by atoms with Crippen molar-refractivity contribution in [2.75, 3.05) is 0 Å². The van der Waals surface area contributed by atoms with Crippen LogP contribution in [0.25, 0.3) is 11.3 Å². The van der Waals surface area contributed by atoms with E-state index in [0.29, 0.717) is 15.6 Å². The number of aromatic nitrogens is 1. The monoisotopic (exact) mass is 492 g/mol. The van der Waals surface area contributed by atoms with Gasteiger partial charge in [-0.05, 0) is 32.9 Å². The molecule has 0 aliphatic carbocycles. The van der Waals surface area contributed by atoms with Gasteiger partial charge in [-0.1, -0.05) is 34.4 Å². The molecule has 31 heavy (non-hydrogen) atoms. The van der Waals surface area contributed by atoms with E-state index in [0.717, 1.165) is 0 Å². The molecule has 12 heteroatoms. The van der Waals surface area contributed by atoms with Crippen molar-refractivity contribution in [2.24, 2.45) is 0 Å². The first kappa shape index (κ1) is 24.4. The van der Waals surface area contributed by atoms with E-state index in [1.165, 1.54) is 16.7 Å². The van der Waals surface area contributed by atoms with Crippen molar-refractivity contribution in [3.05, 3.63) is 39.6 Å². The summed E-state index contributed by atoms with van der Waals surface area (Å²) in [5.41, 5.74) is 0.645. The fourth-order valence-electron chi connectivity index (χ4n) is 3.89. The van der Waals surface area contributed by atoms with Gasteiger partial charge in [-0.25, -0.2) is 4.79 Å². The van der Waals surface area contributed by atoms with Gasteiger partial charge in [0.05, 0.1) is 10.0 Å². The van der Waals surface area contributed by atoms with Crippen LogP contribution in [0.2, 0.25) is 10.0 Å². The summed E-state index contributed by atoms with van der Waals surface area (Å²) >= 11 is 13.8. The minimum Gasteiger partial charge on any atom is -0.480 e. The number of β-lactam (4-membered cyclic amide) rings is 1. The van der Waals surface area contributed by atoms with Gasteiger partial charge >= 0.3 is 5.97 Å². The number of aliphatic carboxylic acids is 1. The van der Waals surface area contributed by atoms with Crippen LogP contribution in [0.1, 0.15) is 30.0 Å². The Labute approximate surface area is 214 Å². The van der Waals surface area contributed by atoms with E-state index in [1.54, 1.807) is 39.0 Å². The molecule has 2 amide bonds. The van der Waals surface area contributed by atoms with Gasteiger partial charge in [-0.2, -0.15) is 0 Å². The maximum atomic E-state index is 13.1. The van der Waals surface area contributed by atoms with Crippen LogP contribution in [-0.4, -0.2) is 84.7 Å². The molecule has 2 aliphatic rings. The Morgan fingerprint density at radius 2 is 1.90 bits per heavy atom. The molecular formula is C19H17Cl2N3NaO5S. The topological polar surface area (TPSA) is 113 Å². The average Bonchev–Trinajstić information content (AvgIpc) is 3.14. The predicted molar refractivity (Wildman–Crippen MR) is 117 cm³/mol. The minimum absolute atomic E-state index is 0. The quantitative estimate of drug-likeness (QED) is 0.498. The normalized spacial score (nSPS) is 23.6. The standard InChI is InChI=1S/C19H17Cl2N3O5S.Na/c1-7-10(12(23-29-7)11-8(20)5-4-6-9(11)21)15(25)22-13-16(26)24-14(18(27)28)19(2,3)30-17(13)24;/h4-6,13-14,17H,1-3H3,(H,22,25)(H,27,28);/t13-,14+,17-;/m1./s1. The first-order valence-corrected chi connectivity index (χ1v) is 10.6. The third kappa shape index (κ3) is 3.89. The molecule has 1 aromatic heterocycles. The Morgan fingerprint density at radius 3 is 2.48 bits per heavy atom. The maximum Gasteiger partial charge on any atom is 0.327 e. The summed E-state index contributed by atoms with van der Waals surface area (Å²) < 4.78 is 4.52. The number of thioether (sulfide) groups is 1. The zero-order valence-electron chi connectivity index (χ0n) is 17.1. The fraction of sp³-hybridized carbons (Fsp3) is 0.368. The molecule has 0 bridgehead atoms. The molecule has 3 atom stereocenters. The van der Waals surface area contributed by atoms with Crippen LogP contribution >= 0.6 is 35.0 Å². The smallest absolute Gasteiger partial charge is 0.327 e. The molecule has 2 fully saturated rings. The van der Waals surface area contributed by atoms with E-state index in [9.17, 15) is 19.5 Å². The molecule has 2 saturated heterocycles. The van der Waals surface area contributed by atoms with Crippen LogP contribution in [0.3, 0.4) is 0 Å². The Balaban J connectivity index is 0.00000272. The van der Waals surface area contributed by atoms with Gasteiger partial charge in [0, 0.05) is 39.9 Å². The molecule has 0 unspecified atom stereocenters. The third-order valence-corrected chi connectivity index (χ3v) is 7.45. The molecule has 0 spiro atoms. The number of aryl methyl sites for hydroxylation is 1. The summed E-state index contributed by atoms with van der Waals surface area (Å²) in [6.07, 6.45) is 0. The van der Waals surface area contributed by atoms with E-state index in [1.807, 2.05) is 0 Å². The van der Waals surface area contributed by atoms with Crippen molar-refractivity contribution >= 4 is 82.3 Å². The van der Waals surface area contributed by atoms with E-state index in [2.05, 4.69) is 10.5 Å². The fourth-order valence-corrected chi connectivity index (χ4v) is 6.09. The second-order valence-electron chi connectivity index (χ2n) is 7.61. The number of benzene rings is 1. The van der Waals surface area contributed by atoms with Gasteiger partial charge in [0.1, 0.15) is 34.5 Å². The van der Waals surface area contributed by atoms with Crippen molar-refractivity contribution < 1.29 is 24.0 Å². The van der Waals surface area contributed by atoms with Crippen molar-refractivity contribution in [1.29, 1.82) is 0 Å². The van der Waals surface area contributed by atoms with Crippen molar-refractivity contribution in [1.82, 2.24) is 15.4 Å². The van der Waals surface area contributed by atoms with E-state index in [-0.39, 0.29) is 46.6 Å². The molecule has 8 nitrogen and oxygen atoms in total. The summed E-state index contributed by atoms with van der Waals surface area (Å²) in [5, 5.41) is 16.3. The molecular weight excluding hydrogens is 476 g/mol. The van der Waals surface area contributed by atoms with Gasteiger partial charge in [-0.15, -0.1) is 11.8 Å². The number of carbonyl (C=O) groups excluding carboxylic acids is 2. The number of carboxylic acids is 1. The zero-order valence-corrected chi connectivity index (χ0v) is 21.4. The van der Waals surface area contributed by atoms with Gasteiger partial charge in [-0.3, -0.25) is 9.59 Å². The number of hydrogen-bond donors (Lipinski definition) is 2. The minimum atomic E-state index is -1.07. The van der Waals surface area contributed by atoms with Crippen LogP contribution in [-0.2, 0) is 9.59 Å². The molecule has 159 valence electrons. The van der Waals surface area contributed by atoms with E-state index in [4.69, 9.17) is 27.7 Å². The maximum absolute atomic E-state index is 13.1. The predicted octanol–water partition coefficient (Wildman–Crippen LogP) is 2.82. The zero-order chi connectivity index (χ0) is 22.0. The first-order chi connectivity index (χ1) is 14.0. The Bertz CT molecular complexity index is 1070. The molecule has 2 aliphatic heterocycles. The number of carbonyl (C=O) groups is 3. The number of nitrogens with zero attached hydrogens (tertiary/aromatic N) is 2. The number of fused-ring (bicyclic) bond motifs is 1. The third-order valence-electron chi connectivity index (χ3n) is 5.25. The number of carboxylic acid groups (broad SMARTS) is 1. The van der Waals surface area contributed by atoms with Crippen LogP contribution in [0.15, 0.2) is 22.7 Å². The molecule has 4 rings (SSSR count). The van der Waals surface area contributed by atoms with Gasteiger partial charge in [0.2, 0.25) is 5.91 Å². The van der Waals surface area contributed by atoms with Crippen LogP contribution in [0, 0.1) is 6.92 Å². The van der Waals surface area contributed by atoms with E-state index < -0.39 is 40.0 Å². The van der Waals surface area contributed by atoms with Gasteiger partial charge in [0.25, 0.3) is 5.91 Å². The number of hydrogen-bond acceptors (Lipinski definition) is 6. The number of halogens is 2. The Kier molecular flexibility index (Phi) is 6.78. The molecule has 3 heterocycles. The van der Waals surface area contributed by atoms with E-state index >= 15 is 0 Å². The molecule has 0 saturated carbocycles. The molecule has 2 N–H and O–H groups in total. The van der Waals surface area contributed by atoms with Crippen LogP contribution in [0.4, 0.5) is 0 Å². The Morgan fingerprint density at radius 1 is 1.29 bits per heavy atom. The average molecular weight is 493 g/mol. The van der Waals surface area contributed by atoms with Gasteiger partial charge < -0.3 is 19.8 Å². The van der Waals surface area contributed by atoms with Crippen molar-refractivity contribution in [3.63, 3.8) is 0 Å². The molecule has 2 aromatic rings. The van der Waals surface area contributed by atoms with Crippen LogP contribution < -0.4 is 5.32 Å². The second kappa shape index (κ2) is 8.61. The van der Waals surface area contributed by atoms with Crippen molar-refractivity contribution in [3.8, 4) is 11.3 Å². The Hall–Kier alpha value is -1.23. The largest absolute Gasteiger partial charge is 0.480 e.